The van der Waals surface area contributed by atoms with Crippen LogP contribution in [0.3, 0.4) is 0 Å². The van der Waals surface area contributed by atoms with E-state index in [1.807, 2.05) is 30.3 Å². The number of carbonyl (C=O) groups excluding carboxylic acids is 1. The van der Waals surface area contributed by atoms with Crippen molar-refractivity contribution in [3.8, 4) is 5.75 Å². The van der Waals surface area contributed by atoms with Crippen LogP contribution in [0.1, 0.15) is 17.5 Å². The van der Waals surface area contributed by atoms with Crippen molar-refractivity contribution in [3.63, 3.8) is 0 Å². The van der Waals surface area contributed by atoms with E-state index in [1.54, 1.807) is 29.2 Å². The van der Waals surface area contributed by atoms with Gasteiger partial charge in [-0.25, -0.2) is 0 Å². The van der Waals surface area contributed by atoms with Crippen molar-refractivity contribution in [2.45, 2.75) is 25.7 Å². The van der Waals surface area contributed by atoms with Gasteiger partial charge in [-0.15, -0.1) is 0 Å². The van der Waals surface area contributed by atoms with E-state index in [0.29, 0.717) is 17.9 Å². The molecule has 0 aliphatic carbocycles. The monoisotopic (exact) mass is 393 g/mol. The summed E-state index contributed by atoms with van der Waals surface area (Å²) in [6.07, 6.45) is -4.98. The van der Waals surface area contributed by atoms with Gasteiger partial charge in [0.15, 0.2) is 5.41 Å². The number of halogens is 3. The van der Waals surface area contributed by atoms with Crippen LogP contribution in [0.4, 0.5) is 13.2 Å². The highest BCUT2D eigenvalue weighted by Crippen LogP contribution is 2.47. The molecule has 0 spiro atoms. The van der Waals surface area contributed by atoms with Gasteiger partial charge in [-0.05, 0) is 29.7 Å². The van der Waals surface area contributed by atoms with E-state index >= 15 is 0 Å². The lowest BCUT2D eigenvalue weighted by molar-refractivity contribution is -0.231. The molecule has 0 amide bonds. The first-order valence-corrected chi connectivity index (χ1v) is 8.97. The maximum absolute atomic E-state index is 13.9. The van der Waals surface area contributed by atoms with Gasteiger partial charge in [-0.1, -0.05) is 42.5 Å². The SMILES string of the molecule is COc1cccc(COC(=O)[C@@]2(C(F)(F)F)CCN(Cc3ccccc3)C2)c1. The Hall–Kier alpha value is -2.54. The summed E-state index contributed by atoms with van der Waals surface area (Å²) in [4.78, 5) is 14.2. The lowest BCUT2D eigenvalue weighted by Gasteiger charge is -2.29. The molecule has 1 fully saturated rings. The third kappa shape index (κ3) is 4.30. The zero-order valence-electron chi connectivity index (χ0n) is 15.5. The molecule has 1 heterocycles. The van der Waals surface area contributed by atoms with E-state index in [-0.39, 0.29) is 19.6 Å². The molecule has 1 aliphatic rings. The zero-order valence-corrected chi connectivity index (χ0v) is 15.5. The van der Waals surface area contributed by atoms with Crippen LogP contribution >= 0.6 is 0 Å². The average molecular weight is 393 g/mol. The zero-order chi connectivity index (χ0) is 20.2. The minimum absolute atomic E-state index is 0.183. The minimum Gasteiger partial charge on any atom is -0.497 e. The third-order valence-corrected chi connectivity index (χ3v) is 5.03. The molecule has 1 aliphatic heterocycles. The van der Waals surface area contributed by atoms with Crippen molar-refractivity contribution in [1.29, 1.82) is 0 Å². The van der Waals surface area contributed by atoms with Crippen molar-refractivity contribution in [3.05, 3.63) is 65.7 Å². The van der Waals surface area contributed by atoms with Gasteiger partial charge in [0.1, 0.15) is 12.4 Å². The molecule has 1 atom stereocenters. The number of benzene rings is 2. The second-order valence-corrected chi connectivity index (χ2v) is 6.95. The largest absolute Gasteiger partial charge is 0.497 e. The highest BCUT2D eigenvalue weighted by Gasteiger charge is 2.64. The summed E-state index contributed by atoms with van der Waals surface area (Å²) in [5.74, 6) is -0.674. The van der Waals surface area contributed by atoms with Gasteiger partial charge in [-0.3, -0.25) is 9.69 Å². The van der Waals surface area contributed by atoms with Crippen molar-refractivity contribution < 1.29 is 27.4 Å². The van der Waals surface area contributed by atoms with Gasteiger partial charge in [-0.2, -0.15) is 13.2 Å². The molecule has 3 rings (SSSR count). The quantitative estimate of drug-likeness (QED) is 0.690. The van der Waals surface area contributed by atoms with Crippen molar-refractivity contribution in [1.82, 2.24) is 4.90 Å². The van der Waals surface area contributed by atoms with Gasteiger partial charge in [0.2, 0.25) is 0 Å². The van der Waals surface area contributed by atoms with Crippen LogP contribution in [0.25, 0.3) is 0 Å². The summed E-state index contributed by atoms with van der Waals surface area (Å²) in [5.41, 5.74) is -1.02. The smallest absolute Gasteiger partial charge is 0.406 e. The maximum atomic E-state index is 13.9. The van der Waals surface area contributed by atoms with Crippen LogP contribution in [0.2, 0.25) is 0 Å². The summed E-state index contributed by atoms with van der Waals surface area (Å²) < 4.78 is 51.8. The molecule has 150 valence electrons. The molecule has 7 heteroatoms. The Labute approximate surface area is 161 Å². The molecule has 1 saturated heterocycles. The Bertz CT molecular complexity index is 810. The Morgan fingerprint density at radius 2 is 1.82 bits per heavy atom. The molecular formula is C21H22F3NO3. The van der Waals surface area contributed by atoms with Crippen LogP contribution < -0.4 is 4.74 Å². The number of nitrogens with zero attached hydrogens (tertiary/aromatic N) is 1. The van der Waals surface area contributed by atoms with E-state index in [4.69, 9.17) is 9.47 Å². The molecule has 0 unspecified atom stereocenters. The number of alkyl halides is 3. The highest BCUT2D eigenvalue weighted by atomic mass is 19.4. The van der Waals surface area contributed by atoms with E-state index in [0.717, 1.165) is 5.56 Å². The Balaban J connectivity index is 1.70. The van der Waals surface area contributed by atoms with Gasteiger partial charge in [0, 0.05) is 19.6 Å². The minimum atomic E-state index is -4.68. The molecule has 28 heavy (non-hydrogen) atoms. The second kappa shape index (κ2) is 8.22. The number of methoxy groups -OCH3 is 1. The fourth-order valence-corrected chi connectivity index (χ4v) is 3.43. The molecule has 0 aromatic heterocycles. The van der Waals surface area contributed by atoms with E-state index in [2.05, 4.69) is 0 Å². The molecule has 0 radical (unpaired) electrons. The summed E-state index contributed by atoms with van der Waals surface area (Å²) in [6.45, 7) is -0.0839. The molecule has 2 aromatic carbocycles. The second-order valence-electron chi connectivity index (χ2n) is 6.95. The van der Waals surface area contributed by atoms with Gasteiger partial charge in [0.05, 0.1) is 7.11 Å². The summed E-state index contributed by atoms with van der Waals surface area (Å²) in [7, 11) is 1.49. The standard InChI is InChI=1S/C21H22F3NO3/c1-27-18-9-5-8-17(12-18)14-28-19(26)20(21(22,23)24)10-11-25(15-20)13-16-6-3-2-4-7-16/h2-9,12H,10-11,13-15H2,1H3/t20-/m1/s1. The normalized spacial score (nSPS) is 20.1. The molecule has 4 nitrogen and oxygen atoms in total. The number of ether oxygens (including phenoxy) is 2. The van der Waals surface area contributed by atoms with Crippen molar-refractivity contribution >= 4 is 5.97 Å². The summed E-state index contributed by atoms with van der Waals surface area (Å²) in [5, 5.41) is 0. The molecule has 0 N–H and O–H groups in total. The number of esters is 1. The molecule has 2 aromatic rings. The van der Waals surface area contributed by atoms with Crippen molar-refractivity contribution in [2.75, 3.05) is 20.2 Å². The topological polar surface area (TPSA) is 38.8 Å². The third-order valence-electron chi connectivity index (χ3n) is 5.03. The number of hydrogen-bond acceptors (Lipinski definition) is 4. The van der Waals surface area contributed by atoms with Crippen molar-refractivity contribution in [2.24, 2.45) is 5.41 Å². The Kier molecular flexibility index (Phi) is 5.93. The number of likely N-dealkylation sites (tertiary alicyclic amines) is 1. The lowest BCUT2D eigenvalue weighted by Crippen LogP contribution is -2.48. The van der Waals surface area contributed by atoms with Gasteiger partial charge >= 0.3 is 12.1 Å². The fourth-order valence-electron chi connectivity index (χ4n) is 3.43. The Morgan fingerprint density at radius 3 is 2.50 bits per heavy atom. The fraction of sp³-hybridized carbons (Fsp3) is 0.381. The van der Waals surface area contributed by atoms with Crippen LogP contribution in [0.15, 0.2) is 54.6 Å². The maximum Gasteiger partial charge on any atom is 0.406 e. The summed E-state index contributed by atoms with van der Waals surface area (Å²) in [6, 6.07) is 15.9. The van der Waals surface area contributed by atoms with E-state index in [1.165, 1.54) is 7.11 Å². The summed E-state index contributed by atoms with van der Waals surface area (Å²) >= 11 is 0. The van der Waals surface area contributed by atoms with Gasteiger partial charge in [0.25, 0.3) is 0 Å². The van der Waals surface area contributed by atoms with Gasteiger partial charge < -0.3 is 9.47 Å². The van der Waals surface area contributed by atoms with Crippen LogP contribution in [-0.4, -0.2) is 37.2 Å². The van der Waals surface area contributed by atoms with E-state index < -0.39 is 24.1 Å². The highest BCUT2D eigenvalue weighted by molar-refractivity contribution is 5.78. The number of hydrogen-bond donors (Lipinski definition) is 0. The van der Waals surface area contributed by atoms with Crippen LogP contribution in [-0.2, 0) is 22.7 Å². The Morgan fingerprint density at radius 1 is 1.11 bits per heavy atom. The van der Waals surface area contributed by atoms with E-state index in [9.17, 15) is 18.0 Å². The first-order valence-electron chi connectivity index (χ1n) is 8.97. The molecular weight excluding hydrogens is 371 g/mol. The molecule has 0 bridgehead atoms. The first kappa shape index (κ1) is 20.2. The number of rotatable bonds is 6. The lowest BCUT2D eigenvalue weighted by atomic mass is 9.86. The predicted octanol–water partition coefficient (Wildman–Crippen LogP) is 4.19. The van der Waals surface area contributed by atoms with Crippen LogP contribution in [0.5, 0.6) is 5.75 Å². The average Bonchev–Trinajstić information content (AvgIpc) is 3.12. The van der Waals surface area contributed by atoms with Crippen LogP contribution in [0, 0.1) is 5.41 Å². The predicted molar refractivity (Wildman–Crippen MR) is 97.6 cm³/mol. The molecule has 0 saturated carbocycles. The first-order chi connectivity index (χ1) is 13.3. The number of carbonyl (C=O) groups is 1.